The highest BCUT2D eigenvalue weighted by atomic mass is 19.4. The summed E-state index contributed by atoms with van der Waals surface area (Å²) in [4.78, 5) is 12.8. The first-order valence-corrected chi connectivity index (χ1v) is 7.13. The minimum absolute atomic E-state index is 0.301. The number of nitrogens with one attached hydrogen (secondary N) is 1. The lowest BCUT2D eigenvalue weighted by atomic mass is 10.2. The molecular formula is C17H13F3N4. The fraction of sp³-hybridized carbons (Fsp3) is 0.118. The van der Waals surface area contributed by atoms with Crippen LogP contribution in [0.25, 0.3) is 11.5 Å². The van der Waals surface area contributed by atoms with Crippen molar-refractivity contribution in [1.82, 2.24) is 15.0 Å². The Bertz CT molecular complexity index is 848. The lowest BCUT2D eigenvalue weighted by molar-refractivity contribution is -0.137. The molecule has 2 aromatic heterocycles. The number of nitrogens with zero attached hydrogens (tertiary/aromatic N) is 3. The molecule has 0 fully saturated rings. The monoisotopic (exact) mass is 330 g/mol. The van der Waals surface area contributed by atoms with Crippen molar-refractivity contribution in [3.63, 3.8) is 0 Å². The van der Waals surface area contributed by atoms with Gasteiger partial charge in [0.05, 0.1) is 5.56 Å². The zero-order chi connectivity index (χ0) is 17.2. The van der Waals surface area contributed by atoms with Gasteiger partial charge in [0, 0.05) is 23.6 Å². The lowest BCUT2D eigenvalue weighted by Gasteiger charge is -2.11. The molecule has 0 amide bonds. The maximum Gasteiger partial charge on any atom is 0.416 e. The molecular weight excluding hydrogens is 317 g/mol. The van der Waals surface area contributed by atoms with Gasteiger partial charge >= 0.3 is 6.18 Å². The van der Waals surface area contributed by atoms with Crippen molar-refractivity contribution in [3.8, 4) is 11.5 Å². The molecule has 4 nitrogen and oxygen atoms in total. The second kappa shape index (κ2) is 6.27. The van der Waals surface area contributed by atoms with Gasteiger partial charge in [-0.1, -0.05) is 12.1 Å². The van der Waals surface area contributed by atoms with Crippen molar-refractivity contribution >= 4 is 11.5 Å². The van der Waals surface area contributed by atoms with Gasteiger partial charge in [-0.05, 0) is 37.3 Å². The number of hydrogen-bond donors (Lipinski definition) is 1. The number of halogens is 3. The maximum atomic E-state index is 12.8. The first-order chi connectivity index (χ1) is 11.4. The van der Waals surface area contributed by atoms with Gasteiger partial charge in [0.1, 0.15) is 11.5 Å². The molecule has 0 unspecified atom stereocenters. The topological polar surface area (TPSA) is 50.7 Å². The highest BCUT2D eigenvalue weighted by Crippen LogP contribution is 2.31. The van der Waals surface area contributed by atoms with Crippen molar-refractivity contribution in [1.29, 1.82) is 0 Å². The standard InChI is InChI=1S/C17H13F3N4/c1-11-9-15(24-16(22-11)14-7-2-3-8-21-14)23-13-6-4-5-12(10-13)17(18,19)20/h2-10H,1H3,(H,22,23,24). The average molecular weight is 330 g/mol. The molecule has 2 heterocycles. The van der Waals surface area contributed by atoms with Gasteiger partial charge < -0.3 is 5.32 Å². The Kier molecular flexibility index (Phi) is 4.16. The Morgan fingerprint density at radius 1 is 0.958 bits per heavy atom. The van der Waals surface area contributed by atoms with Crippen LogP contribution in [0, 0.1) is 6.92 Å². The molecule has 3 rings (SSSR count). The normalized spacial score (nSPS) is 11.3. The van der Waals surface area contributed by atoms with Gasteiger partial charge in [-0.3, -0.25) is 4.98 Å². The van der Waals surface area contributed by atoms with E-state index in [1.807, 2.05) is 6.07 Å². The lowest BCUT2D eigenvalue weighted by Crippen LogP contribution is -2.05. The van der Waals surface area contributed by atoms with Crippen molar-refractivity contribution in [2.75, 3.05) is 5.32 Å². The van der Waals surface area contributed by atoms with Crippen LogP contribution in [0.15, 0.2) is 54.7 Å². The third kappa shape index (κ3) is 3.68. The summed E-state index contributed by atoms with van der Waals surface area (Å²) in [5.74, 6) is 0.813. The molecule has 0 radical (unpaired) electrons. The number of aromatic nitrogens is 3. The molecule has 0 atom stereocenters. The molecule has 1 N–H and O–H groups in total. The average Bonchev–Trinajstić information content (AvgIpc) is 2.54. The van der Waals surface area contributed by atoms with Crippen molar-refractivity contribution in [2.45, 2.75) is 13.1 Å². The maximum absolute atomic E-state index is 12.8. The Hall–Kier alpha value is -2.96. The van der Waals surface area contributed by atoms with E-state index in [0.717, 1.165) is 12.1 Å². The molecule has 7 heteroatoms. The molecule has 122 valence electrons. The summed E-state index contributed by atoms with van der Waals surface area (Å²) in [6.07, 6.45) is -2.76. The van der Waals surface area contributed by atoms with E-state index in [4.69, 9.17) is 0 Å². The van der Waals surface area contributed by atoms with Crippen LogP contribution in [0.3, 0.4) is 0 Å². The van der Waals surface area contributed by atoms with E-state index < -0.39 is 11.7 Å². The molecule has 1 aromatic carbocycles. The van der Waals surface area contributed by atoms with Crippen LogP contribution in [0.5, 0.6) is 0 Å². The summed E-state index contributed by atoms with van der Waals surface area (Å²) in [7, 11) is 0. The Morgan fingerprint density at radius 2 is 1.79 bits per heavy atom. The van der Waals surface area contributed by atoms with Crippen molar-refractivity contribution in [2.24, 2.45) is 0 Å². The van der Waals surface area contributed by atoms with Gasteiger partial charge in [-0.15, -0.1) is 0 Å². The van der Waals surface area contributed by atoms with Crippen LogP contribution in [0.4, 0.5) is 24.7 Å². The Labute approximate surface area is 136 Å². The SMILES string of the molecule is Cc1cc(Nc2cccc(C(F)(F)F)c2)nc(-c2ccccn2)n1. The van der Waals surface area contributed by atoms with E-state index in [0.29, 0.717) is 28.7 Å². The number of anilines is 2. The second-order valence-electron chi connectivity index (χ2n) is 5.14. The number of alkyl halides is 3. The van der Waals surface area contributed by atoms with Gasteiger partial charge in [-0.2, -0.15) is 13.2 Å². The molecule has 0 aliphatic rings. The fourth-order valence-electron chi connectivity index (χ4n) is 2.16. The summed E-state index contributed by atoms with van der Waals surface area (Å²) in [6, 6.07) is 12.0. The molecule has 0 saturated carbocycles. The molecule has 24 heavy (non-hydrogen) atoms. The minimum atomic E-state index is -4.39. The molecule has 0 spiro atoms. The third-order valence-electron chi connectivity index (χ3n) is 3.21. The largest absolute Gasteiger partial charge is 0.416 e. The van der Waals surface area contributed by atoms with Gasteiger partial charge in [0.2, 0.25) is 0 Å². The smallest absolute Gasteiger partial charge is 0.340 e. The van der Waals surface area contributed by atoms with Crippen LogP contribution < -0.4 is 5.32 Å². The second-order valence-corrected chi connectivity index (χ2v) is 5.14. The number of hydrogen-bond acceptors (Lipinski definition) is 4. The van der Waals surface area contributed by atoms with Gasteiger partial charge in [-0.25, -0.2) is 9.97 Å². The highest BCUT2D eigenvalue weighted by molar-refractivity contribution is 5.60. The zero-order valence-corrected chi connectivity index (χ0v) is 12.7. The zero-order valence-electron chi connectivity index (χ0n) is 12.7. The Balaban J connectivity index is 1.92. The summed E-state index contributed by atoms with van der Waals surface area (Å²) in [6.45, 7) is 1.78. The van der Waals surface area contributed by atoms with E-state index in [-0.39, 0.29) is 0 Å². The Morgan fingerprint density at radius 3 is 2.50 bits per heavy atom. The van der Waals surface area contributed by atoms with Crippen molar-refractivity contribution in [3.05, 3.63) is 66.0 Å². The van der Waals surface area contributed by atoms with Gasteiger partial charge in [0.15, 0.2) is 5.82 Å². The van der Waals surface area contributed by atoms with E-state index in [9.17, 15) is 13.2 Å². The number of rotatable bonds is 3. The van der Waals surface area contributed by atoms with Crippen molar-refractivity contribution < 1.29 is 13.2 Å². The van der Waals surface area contributed by atoms with E-state index in [1.165, 1.54) is 6.07 Å². The molecule has 3 aromatic rings. The van der Waals surface area contributed by atoms with Crippen LogP contribution in [0.1, 0.15) is 11.3 Å². The minimum Gasteiger partial charge on any atom is -0.340 e. The van der Waals surface area contributed by atoms with Crippen LogP contribution in [0.2, 0.25) is 0 Å². The summed E-state index contributed by atoms with van der Waals surface area (Å²) in [5, 5.41) is 2.89. The third-order valence-corrected chi connectivity index (χ3v) is 3.21. The first-order valence-electron chi connectivity index (χ1n) is 7.13. The number of benzene rings is 1. The molecule has 0 aliphatic heterocycles. The van der Waals surface area contributed by atoms with Crippen LogP contribution in [-0.2, 0) is 6.18 Å². The molecule has 0 aliphatic carbocycles. The van der Waals surface area contributed by atoms with E-state index >= 15 is 0 Å². The number of aryl methyl sites for hydroxylation is 1. The van der Waals surface area contributed by atoms with E-state index in [1.54, 1.807) is 37.4 Å². The highest BCUT2D eigenvalue weighted by Gasteiger charge is 2.30. The van der Waals surface area contributed by atoms with Gasteiger partial charge in [0.25, 0.3) is 0 Å². The predicted molar refractivity (Wildman–Crippen MR) is 84.7 cm³/mol. The summed E-state index contributed by atoms with van der Waals surface area (Å²) >= 11 is 0. The summed E-state index contributed by atoms with van der Waals surface area (Å²) in [5.41, 5.74) is 0.853. The molecule has 0 saturated heterocycles. The van der Waals surface area contributed by atoms with Crippen LogP contribution in [-0.4, -0.2) is 15.0 Å². The summed E-state index contributed by atoms with van der Waals surface area (Å²) < 4.78 is 38.4. The first kappa shape index (κ1) is 15.9. The fourth-order valence-corrected chi connectivity index (χ4v) is 2.16. The quantitative estimate of drug-likeness (QED) is 0.762. The predicted octanol–water partition coefficient (Wildman–Crippen LogP) is 4.61. The van der Waals surface area contributed by atoms with E-state index in [2.05, 4.69) is 20.3 Å². The molecule has 0 bridgehead atoms. The number of pyridine rings is 1. The van der Waals surface area contributed by atoms with Crippen LogP contribution >= 0.6 is 0 Å².